The molecular weight excluding hydrogens is 637 g/mol. The Labute approximate surface area is 292 Å². The number of esters is 1. The number of anilines is 3. The second kappa shape index (κ2) is 16.2. The van der Waals surface area contributed by atoms with Crippen molar-refractivity contribution in [3.05, 3.63) is 163 Å². The zero-order valence-corrected chi connectivity index (χ0v) is 27.9. The summed E-state index contributed by atoms with van der Waals surface area (Å²) in [6.45, 7) is 1.37. The van der Waals surface area contributed by atoms with E-state index in [1.165, 1.54) is 6.92 Å². The largest absolute Gasteiger partial charge is 0.497 e. The van der Waals surface area contributed by atoms with Gasteiger partial charge in [-0.2, -0.15) is 0 Å². The molecule has 0 spiro atoms. The zero-order valence-electron chi connectivity index (χ0n) is 26.5. The molecule has 0 fully saturated rings. The molecule has 0 saturated heterocycles. The maximum absolute atomic E-state index is 11.5. The van der Waals surface area contributed by atoms with E-state index < -0.39 is 0 Å². The van der Waals surface area contributed by atoms with Crippen LogP contribution < -0.4 is 23.8 Å². The van der Waals surface area contributed by atoms with E-state index in [-0.39, 0.29) is 24.5 Å². The Balaban J connectivity index is 0.00000451. The first-order chi connectivity index (χ1) is 23.0. The van der Waals surface area contributed by atoms with E-state index in [9.17, 15) is 4.79 Å². The Morgan fingerprint density at radius 1 is 0.500 bits per heavy atom. The summed E-state index contributed by atoms with van der Waals surface area (Å²) in [7, 11) is 1.63. The van der Waals surface area contributed by atoms with Crippen molar-refractivity contribution in [2.75, 3.05) is 12.0 Å². The summed E-state index contributed by atoms with van der Waals surface area (Å²) in [6, 6.07) is 48.9. The molecule has 6 aromatic carbocycles. The van der Waals surface area contributed by atoms with E-state index in [1.807, 2.05) is 97.1 Å². The maximum Gasteiger partial charge on any atom is 0.308 e. The van der Waals surface area contributed by atoms with Crippen LogP contribution in [-0.4, -0.2) is 13.1 Å². The molecule has 0 aliphatic carbocycles. The normalized spacial score (nSPS) is 10.5. The van der Waals surface area contributed by atoms with Gasteiger partial charge in [0, 0.05) is 66.8 Å². The van der Waals surface area contributed by atoms with E-state index in [2.05, 4.69) is 53.5 Å². The third-order valence-corrected chi connectivity index (χ3v) is 7.15. The molecule has 6 rings (SSSR count). The summed E-state index contributed by atoms with van der Waals surface area (Å²) in [5, 5.41) is 0. The Morgan fingerprint density at radius 2 is 0.958 bits per heavy atom. The minimum absolute atomic E-state index is 0. The van der Waals surface area contributed by atoms with Gasteiger partial charge in [0.2, 0.25) is 0 Å². The molecule has 237 valence electrons. The molecule has 48 heavy (non-hydrogen) atoms. The Morgan fingerprint density at radius 3 is 1.50 bits per heavy atom. The number of methoxy groups -OCH3 is 1. The predicted molar refractivity (Wildman–Crippen MR) is 187 cm³/mol. The Bertz CT molecular complexity index is 1990. The van der Waals surface area contributed by atoms with Gasteiger partial charge in [-0.3, -0.25) is 4.79 Å². The molecule has 0 heterocycles. The van der Waals surface area contributed by atoms with Crippen LogP contribution in [0.5, 0.6) is 34.5 Å². The first kappa shape index (κ1) is 33.7. The van der Waals surface area contributed by atoms with Crippen LogP contribution >= 0.6 is 0 Å². The Kier molecular flexibility index (Phi) is 11.4. The number of ether oxygens (including phenoxy) is 4. The van der Waals surface area contributed by atoms with Crippen LogP contribution in [0.2, 0.25) is 0 Å². The summed E-state index contributed by atoms with van der Waals surface area (Å²) in [5.41, 5.74) is 4.95. The van der Waals surface area contributed by atoms with Crippen molar-refractivity contribution in [2.24, 2.45) is 0 Å². The molecule has 0 amide bonds. The van der Waals surface area contributed by atoms with E-state index in [0.717, 1.165) is 33.9 Å². The van der Waals surface area contributed by atoms with E-state index >= 15 is 0 Å². The molecule has 0 atom stereocenters. The number of nitrogens with zero attached hydrogens (tertiary/aromatic N) is 1. The van der Waals surface area contributed by atoms with E-state index in [4.69, 9.17) is 18.9 Å². The second-order valence-electron chi connectivity index (χ2n) is 10.6. The van der Waals surface area contributed by atoms with Gasteiger partial charge in [0.15, 0.2) is 0 Å². The van der Waals surface area contributed by atoms with Gasteiger partial charge in [-0.1, -0.05) is 78.9 Å². The average molecular weight is 671 g/mol. The summed E-state index contributed by atoms with van der Waals surface area (Å²) < 4.78 is 23.1. The number of hydrogen-bond donors (Lipinski definition) is 0. The summed E-state index contributed by atoms with van der Waals surface area (Å²) >= 11 is 0. The molecule has 0 unspecified atom stereocenters. The van der Waals surface area contributed by atoms with Crippen LogP contribution in [-0.2, 0) is 23.4 Å². The van der Waals surface area contributed by atoms with Gasteiger partial charge in [0.05, 0.1) is 7.11 Å². The van der Waals surface area contributed by atoms with Crippen molar-refractivity contribution < 1.29 is 42.3 Å². The predicted octanol–water partition coefficient (Wildman–Crippen LogP) is 10.8. The fourth-order valence-corrected chi connectivity index (χ4v) is 5.01. The van der Waals surface area contributed by atoms with Gasteiger partial charge < -0.3 is 23.8 Å². The summed E-state index contributed by atoms with van der Waals surface area (Å²) in [5.74, 6) is 3.28. The molecule has 0 aromatic heterocycles. The summed E-state index contributed by atoms with van der Waals surface area (Å²) in [4.78, 5) is 13.6. The number of rotatable bonds is 11. The maximum atomic E-state index is 11.5. The third kappa shape index (κ3) is 8.98. The van der Waals surface area contributed by atoms with Gasteiger partial charge in [0.1, 0.15) is 34.5 Å². The topological polar surface area (TPSA) is 57.2 Å². The van der Waals surface area contributed by atoms with Gasteiger partial charge >= 0.3 is 5.97 Å². The number of benzene rings is 6. The standard InChI is InChI=1S/C41H33NO5.V/c1-30(43)45-39-17-9-19-41(29-39)47-38-16-7-13-35(27-38)42(33-24-22-32(23-25-33)21-20-31-10-4-3-5-11-31)34-12-6-15-37(26-34)46-40-18-8-14-36(28-40)44-2;/h3-29H,1-2H3;. The third-order valence-electron chi connectivity index (χ3n) is 7.15. The molecule has 0 N–H and O–H groups in total. The second-order valence-corrected chi connectivity index (χ2v) is 10.6. The van der Waals surface area contributed by atoms with Crippen molar-refractivity contribution in [1.29, 1.82) is 0 Å². The van der Waals surface area contributed by atoms with Crippen molar-refractivity contribution >= 4 is 35.2 Å². The van der Waals surface area contributed by atoms with Crippen molar-refractivity contribution in [2.45, 2.75) is 6.92 Å². The van der Waals surface area contributed by atoms with E-state index in [1.54, 1.807) is 25.3 Å². The van der Waals surface area contributed by atoms with Crippen LogP contribution in [0.25, 0.3) is 12.2 Å². The van der Waals surface area contributed by atoms with E-state index in [0.29, 0.717) is 28.7 Å². The monoisotopic (exact) mass is 670 g/mol. The van der Waals surface area contributed by atoms with Gasteiger partial charge in [-0.25, -0.2) is 0 Å². The first-order valence-electron chi connectivity index (χ1n) is 15.1. The number of hydrogen-bond acceptors (Lipinski definition) is 6. The van der Waals surface area contributed by atoms with Crippen molar-refractivity contribution in [3.8, 4) is 34.5 Å². The molecule has 0 saturated carbocycles. The molecule has 1 radical (unpaired) electrons. The molecule has 7 heteroatoms. The number of carbonyl (C=O) groups excluding carboxylic acids is 1. The molecule has 0 aliphatic rings. The number of carbonyl (C=O) groups is 1. The molecule has 6 nitrogen and oxygen atoms in total. The smallest absolute Gasteiger partial charge is 0.308 e. The van der Waals surface area contributed by atoms with Gasteiger partial charge in [-0.05, 0) is 71.8 Å². The zero-order chi connectivity index (χ0) is 32.4. The summed E-state index contributed by atoms with van der Waals surface area (Å²) in [6.07, 6.45) is 4.20. The quantitative estimate of drug-likeness (QED) is 0.0777. The molecular formula is C41H33NO5V. The minimum Gasteiger partial charge on any atom is -0.497 e. The average Bonchev–Trinajstić information content (AvgIpc) is 3.09. The van der Waals surface area contributed by atoms with Crippen molar-refractivity contribution in [1.82, 2.24) is 0 Å². The fourth-order valence-electron chi connectivity index (χ4n) is 5.01. The SMILES string of the molecule is COc1cccc(Oc2cccc(N(c3ccc(C=Cc4ccccc4)cc3)c3cccc(Oc4cccc(OC(C)=O)c4)c3)c2)c1.[V]. The fraction of sp³-hybridized carbons (Fsp3) is 0.0488. The molecule has 0 bridgehead atoms. The molecule has 6 aromatic rings. The van der Waals surface area contributed by atoms with Crippen LogP contribution in [0.4, 0.5) is 17.1 Å². The minimum atomic E-state index is -0.390. The van der Waals surface area contributed by atoms with Gasteiger partial charge in [-0.15, -0.1) is 0 Å². The first-order valence-corrected chi connectivity index (χ1v) is 15.1. The van der Waals surface area contributed by atoms with Crippen LogP contribution in [0.15, 0.2) is 152 Å². The molecule has 0 aliphatic heterocycles. The van der Waals surface area contributed by atoms with Gasteiger partial charge in [0.25, 0.3) is 0 Å². The van der Waals surface area contributed by atoms with Crippen LogP contribution in [0, 0.1) is 0 Å². The Hall–Kier alpha value is -5.69. The van der Waals surface area contributed by atoms with Crippen LogP contribution in [0.3, 0.4) is 0 Å². The van der Waals surface area contributed by atoms with Crippen LogP contribution in [0.1, 0.15) is 18.1 Å². The van der Waals surface area contributed by atoms with Crippen molar-refractivity contribution in [3.63, 3.8) is 0 Å².